The minimum Gasteiger partial charge on any atom is -0.493 e. The summed E-state index contributed by atoms with van der Waals surface area (Å²) < 4.78 is 18.5. The number of methoxy groups -OCH3 is 3. The Balaban J connectivity index is 1.60. The van der Waals surface area contributed by atoms with E-state index in [2.05, 4.69) is 6.07 Å². The summed E-state index contributed by atoms with van der Waals surface area (Å²) in [7, 11) is 4.61. The van der Waals surface area contributed by atoms with Crippen LogP contribution in [0.2, 0.25) is 0 Å². The van der Waals surface area contributed by atoms with E-state index in [9.17, 15) is 14.9 Å². The van der Waals surface area contributed by atoms with Gasteiger partial charge in [-0.2, -0.15) is 0 Å². The van der Waals surface area contributed by atoms with E-state index >= 15 is 0 Å². The lowest BCUT2D eigenvalue weighted by Crippen LogP contribution is -2.38. The van der Waals surface area contributed by atoms with Crippen molar-refractivity contribution in [3.05, 3.63) is 118 Å². The average Bonchev–Trinajstić information content (AvgIpc) is 3.29. The van der Waals surface area contributed by atoms with Gasteiger partial charge in [0.05, 0.1) is 42.5 Å². The molecule has 10 heteroatoms. The largest absolute Gasteiger partial charge is 0.493 e. The normalized spacial score (nSPS) is 16.0. The molecule has 0 amide bonds. The van der Waals surface area contributed by atoms with Crippen LogP contribution in [-0.2, 0) is 6.42 Å². The van der Waals surface area contributed by atoms with E-state index in [1.165, 1.54) is 44.3 Å². The number of nitrogens with zero attached hydrogens (tertiary/aromatic N) is 3. The first-order valence-corrected chi connectivity index (χ1v) is 13.4. The van der Waals surface area contributed by atoms with Crippen molar-refractivity contribution in [2.75, 3.05) is 21.3 Å². The van der Waals surface area contributed by atoms with Gasteiger partial charge in [0, 0.05) is 17.7 Å². The van der Waals surface area contributed by atoms with Crippen LogP contribution in [-0.4, -0.2) is 30.8 Å². The van der Waals surface area contributed by atoms with Crippen LogP contribution >= 0.6 is 11.3 Å². The highest BCUT2D eigenvalue weighted by Gasteiger charge is 2.33. The van der Waals surface area contributed by atoms with Crippen molar-refractivity contribution in [2.24, 2.45) is 4.99 Å². The first-order valence-electron chi connectivity index (χ1n) is 12.6. The quantitative estimate of drug-likeness (QED) is 0.260. The SMILES string of the molecule is COc1cc(/C=c2/sc3n(c2=O)[C@H](c2cccc([N+](=O)[O-])c2)C2=C(N=3)c3ccccc3CC2)cc(OC)c1OC. The van der Waals surface area contributed by atoms with Crippen LogP contribution in [0.5, 0.6) is 17.2 Å². The van der Waals surface area contributed by atoms with Crippen LogP contribution in [0, 0.1) is 10.1 Å². The molecule has 0 saturated carbocycles. The van der Waals surface area contributed by atoms with E-state index in [1.54, 1.807) is 34.9 Å². The highest BCUT2D eigenvalue weighted by atomic mass is 32.1. The Morgan fingerprint density at radius 2 is 1.75 bits per heavy atom. The molecule has 1 aliphatic carbocycles. The maximum Gasteiger partial charge on any atom is 0.271 e. The van der Waals surface area contributed by atoms with E-state index < -0.39 is 11.0 Å². The Kier molecular flexibility index (Phi) is 6.47. The van der Waals surface area contributed by atoms with Crippen molar-refractivity contribution in [3.8, 4) is 17.2 Å². The molecular formula is C30H25N3O6S. The third kappa shape index (κ3) is 4.17. The van der Waals surface area contributed by atoms with Crippen LogP contribution in [0.4, 0.5) is 5.69 Å². The molecule has 1 aromatic heterocycles. The van der Waals surface area contributed by atoms with E-state index in [0.29, 0.717) is 44.1 Å². The maximum atomic E-state index is 14.0. The first kappa shape index (κ1) is 25.6. The Labute approximate surface area is 233 Å². The predicted molar refractivity (Wildman–Crippen MR) is 152 cm³/mol. The number of aryl methyl sites for hydroxylation is 1. The summed E-state index contributed by atoms with van der Waals surface area (Å²) in [4.78, 5) is 30.8. The number of benzene rings is 3. The van der Waals surface area contributed by atoms with Gasteiger partial charge in [0.25, 0.3) is 11.2 Å². The molecule has 3 aromatic carbocycles. The molecule has 0 bridgehead atoms. The van der Waals surface area contributed by atoms with Crippen LogP contribution in [0.3, 0.4) is 0 Å². The van der Waals surface area contributed by atoms with Crippen molar-refractivity contribution in [3.63, 3.8) is 0 Å². The van der Waals surface area contributed by atoms with Crippen molar-refractivity contribution >= 4 is 28.8 Å². The predicted octanol–water partition coefficient (Wildman–Crippen LogP) is 4.25. The summed E-state index contributed by atoms with van der Waals surface area (Å²) in [5.41, 5.74) is 5.16. The molecule has 2 aliphatic rings. The molecule has 4 aromatic rings. The number of ether oxygens (including phenoxy) is 3. The molecule has 202 valence electrons. The van der Waals surface area contributed by atoms with Gasteiger partial charge in [-0.05, 0) is 53.3 Å². The van der Waals surface area contributed by atoms with Gasteiger partial charge in [-0.3, -0.25) is 19.5 Å². The molecule has 1 atom stereocenters. The Morgan fingerprint density at radius 3 is 2.45 bits per heavy atom. The van der Waals surface area contributed by atoms with Gasteiger partial charge >= 0.3 is 0 Å². The summed E-state index contributed by atoms with van der Waals surface area (Å²) in [6.45, 7) is 0. The average molecular weight is 556 g/mol. The molecule has 40 heavy (non-hydrogen) atoms. The zero-order valence-corrected chi connectivity index (χ0v) is 22.9. The van der Waals surface area contributed by atoms with Crippen LogP contribution in [0.15, 0.2) is 76.0 Å². The summed E-state index contributed by atoms with van der Waals surface area (Å²) in [6, 6.07) is 17.7. The minimum absolute atomic E-state index is 0.0209. The molecule has 0 spiro atoms. The number of nitro benzene ring substituents is 1. The zero-order chi connectivity index (χ0) is 28.0. The van der Waals surface area contributed by atoms with Crippen molar-refractivity contribution in [1.82, 2.24) is 4.57 Å². The van der Waals surface area contributed by atoms with E-state index in [4.69, 9.17) is 19.2 Å². The molecule has 2 heterocycles. The lowest BCUT2D eigenvalue weighted by molar-refractivity contribution is -0.384. The van der Waals surface area contributed by atoms with Gasteiger partial charge in [-0.15, -0.1) is 0 Å². The zero-order valence-electron chi connectivity index (χ0n) is 22.0. The van der Waals surface area contributed by atoms with Crippen LogP contribution in [0.25, 0.3) is 11.8 Å². The summed E-state index contributed by atoms with van der Waals surface area (Å²) in [5.74, 6) is 1.41. The number of aromatic nitrogens is 1. The molecular weight excluding hydrogens is 530 g/mol. The molecule has 1 aliphatic heterocycles. The lowest BCUT2D eigenvalue weighted by atomic mass is 9.83. The van der Waals surface area contributed by atoms with Crippen molar-refractivity contribution < 1.29 is 19.1 Å². The molecule has 0 radical (unpaired) electrons. The number of rotatable bonds is 6. The molecule has 0 saturated heterocycles. The first-order chi connectivity index (χ1) is 19.4. The van der Waals surface area contributed by atoms with Gasteiger partial charge < -0.3 is 14.2 Å². The van der Waals surface area contributed by atoms with Gasteiger partial charge in [-0.25, -0.2) is 4.99 Å². The highest BCUT2D eigenvalue weighted by molar-refractivity contribution is 7.07. The summed E-state index contributed by atoms with van der Waals surface area (Å²) in [6.07, 6.45) is 3.27. The summed E-state index contributed by atoms with van der Waals surface area (Å²) in [5, 5.41) is 11.6. The van der Waals surface area contributed by atoms with Gasteiger partial charge in [0.1, 0.15) is 0 Å². The topological polar surface area (TPSA) is 105 Å². The van der Waals surface area contributed by atoms with Crippen molar-refractivity contribution in [2.45, 2.75) is 18.9 Å². The number of fused-ring (bicyclic) bond motifs is 3. The molecule has 6 rings (SSSR count). The Morgan fingerprint density at radius 1 is 1.00 bits per heavy atom. The molecule has 0 fully saturated rings. The summed E-state index contributed by atoms with van der Waals surface area (Å²) >= 11 is 1.28. The minimum atomic E-state index is -0.512. The molecule has 0 N–H and O–H groups in total. The molecule has 9 nitrogen and oxygen atoms in total. The standard InChI is InChI=1S/C30H25N3O6S/c1-37-23-13-17(14-24(38-2)28(23)39-3)15-25-29(34)32-27(19-8-6-9-20(16-19)33(35)36)22-12-11-18-7-4-5-10-21(18)26(22)31-30(32)40-25/h4-10,13-16,27H,11-12H2,1-3H3/b25-15+/t27-/m1/s1. The highest BCUT2D eigenvalue weighted by Crippen LogP contribution is 2.42. The number of non-ortho nitro benzene ring substituents is 1. The van der Waals surface area contributed by atoms with Crippen molar-refractivity contribution in [1.29, 1.82) is 0 Å². The Bertz CT molecular complexity index is 1860. The van der Waals surface area contributed by atoms with Gasteiger partial charge in [0.2, 0.25) is 5.75 Å². The number of allylic oxidation sites excluding steroid dienone is 1. The van der Waals surface area contributed by atoms with E-state index in [1.807, 2.05) is 24.3 Å². The monoisotopic (exact) mass is 555 g/mol. The fraction of sp³-hybridized carbons (Fsp3) is 0.200. The second-order valence-electron chi connectivity index (χ2n) is 9.42. The van der Waals surface area contributed by atoms with Gasteiger partial charge in [0.15, 0.2) is 16.3 Å². The molecule has 0 unspecified atom stereocenters. The fourth-order valence-electron chi connectivity index (χ4n) is 5.47. The lowest BCUT2D eigenvalue weighted by Gasteiger charge is -2.30. The van der Waals surface area contributed by atoms with E-state index in [-0.39, 0.29) is 11.2 Å². The third-order valence-electron chi connectivity index (χ3n) is 7.25. The number of thiazole rings is 1. The number of nitro groups is 1. The van der Waals surface area contributed by atoms with Crippen LogP contribution in [0.1, 0.15) is 34.7 Å². The second kappa shape index (κ2) is 10.1. The second-order valence-corrected chi connectivity index (χ2v) is 10.4. The number of hydrogen-bond acceptors (Lipinski definition) is 8. The van der Waals surface area contributed by atoms with Gasteiger partial charge in [-0.1, -0.05) is 47.7 Å². The van der Waals surface area contributed by atoms with E-state index in [0.717, 1.165) is 23.3 Å². The maximum absolute atomic E-state index is 14.0. The fourth-order valence-corrected chi connectivity index (χ4v) is 6.47. The van der Waals surface area contributed by atoms with Crippen LogP contribution < -0.4 is 29.1 Å². The Hall–Kier alpha value is -4.70. The smallest absolute Gasteiger partial charge is 0.271 e. The number of hydrogen-bond donors (Lipinski definition) is 0. The third-order valence-corrected chi connectivity index (χ3v) is 8.24.